The van der Waals surface area contributed by atoms with Crippen LogP contribution in [0, 0.1) is 11.3 Å². The zero-order valence-corrected chi connectivity index (χ0v) is 11.6. The van der Waals surface area contributed by atoms with Crippen LogP contribution in [0.15, 0.2) is 18.2 Å². The molecule has 0 spiro atoms. The molecule has 0 aromatic heterocycles. The molecule has 0 amide bonds. The first kappa shape index (κ1) is 14.5. The average molecular weight is 246 g/mol. The maximum absolute atomic E-state index is 8.94. The third-order valence-corrected chi connectivity index (χ3v) is 3.07. The Hall–Kier alpha value is -1.53. The number of hydrogen-bond acceptors (Lipinski definition) is 3. The Kier molecular flexibility index (Phi) is 6.24. The third-order valence-electron chi connectivity index (χ3n) is 3.07. The largest absolute Gasteiger partial charge is 0.495 e. The Morgan fingerprint density at radius 3 is 2.67 bits per heavy atom. The third kappa shape index (κ3) is 4.05. The monoisotopic (exact) mass is 246 g/mol. The van der Waals surface area contributed by atoms with E-state index in [9.17, 15) is 0 Å². The van der Waals surface area contributed by atoms with Crippen molar-refractivity contribution in [2.45, 2.75) is 33.2 Å². The number of benzene rings is 1. The lowest BCUT2D eigenvalue weighted by atomic mass is 10.1. The van der Waals surface area contributed by atoms with Crippen LogP contribution in [-0.2, 0) is 6.54 Å². The zero-order valence-electron chi connectivity index (χ0n) is 11.6. The first-order valence-electron chi connectivity index (χ1n) is 6.54. The number of hydrogen-bond donors (Lipinski definition) is 0. The van der Waals surface area contributed by atoms with Crippen molar-refractivity contribution in [2.24, 2.45) is 0 Å². The van der Waals surface area contributed by atoms with Crippen LogP contribution in [0.3, 0.4) is 0 Å². The molecule has 1 aromatic rings. The quantitative estimate of drug-likeness (QED) is 0.741. The van der Waals surface area contributed by atoms with Crippen molar-refractivity contribution in [1.29, 1.82) is 5.26 Å². The molecule has 0 saturated carbocycles. The summed E-state index contributed by atoms with van der Waals surface area (Å²) in [5.41, 5.74) is 1.79. The van der Waals surface area contributed by atoms with Gasteiger partial charge < -0.3 is 4.74 Å². The topological polar surface area (TPSA) is 36.3 Å². The van der Waals surface area contributed by atoms with Crippen LogP contribution in [0.5, 0.6) is 5.75 Å². The first-order chi connectivity index (χ1) is 8.74. The van der Waals surface area contributed by atoms with Crippen molar-refractivity contribution in [2.75, 3.05) is 20.2 Å². The van der Waals surface area contributed by atoms with Crippen molar-refractivity contribution in [3.05, 3.63) is 29.3 Å². The van der Waals surface area contributed by atoms with E-state index in [4.69, 9.17) is 10.00 Å². The van der Waals surface area contributed by atoms with Gasteiger partial charge in [0.2, 0.25) is 0 Å². The molecule has 18 heavy (non-hydrogen) atoms. The van der Waals surface area contributed by atoms with E-state index in [1.54, 1.807) is 7.11 Å². The van der Waals surface area contributed by atoms with Crippen molar-refractivity contribution in [1.82, 2.24) is 4.90 Å². The van der Waals surface area contributed by atoms with Gasteiger partial charge in [-0.15, -0.1) is 0 Å². The van der Waals surface area contributed by atoms with Crippen molar-refractivity contribution >= 4 is 0 Å². The van der Waals surface area contributed by atoms with Gasteiger partial charge in [-0.2, -0.15) is 5.26 Å². The van der Waals surface area contributed by atoms with Gasteiger partial charge in [0.15, 0.2) is 0 Å². The molecule has 0 aliphatic rings. The molecule has 3 nitrogen and oxygen atoms in total. The summed E-state index contributed by atoms with van der Waals surface area (Å²) >= 11 is 0. The number of ether oxygens (including phenoxy) is 1. The maximum Gasteiger partial charge on any atom is 0.136 e. The highest BCUT2D eigenvalue weighted by Crippen LogP contribution is 2.20. The van der Waals surface area contributed by atoms with Gasteiger partial charge in [0.25, 0.3) is 0 Å². The van der Waals surface area contributed by atoms with Crippen LogP contribution in [0.2, 0.25) is 0 Å². The van der Waals surface area contributed by atoms with Crippen molar-refractivity contribution in [3.8, 4) is 11.8 Å². The highest BCUT2D eigenvalue weighted by molar-refractivity contribution is 5.45. The average Bonchev–Trinajstić information content (AvgIpc) is 2.43. The Labute approximate surface area is 110 Å². The summed E-state index contributed by atoms with van der Waals surface area (Å²) in [4.78, 5) is 2.41. The van der Waals surface area contributed by atoms with Gasteiger partial charge in [0.05, 0.1) is 12.7 Å². The number of unbranched alkanes of at least 4 members (excludes halogenated alkanes) is 1. The smallest absolute Gasteiger partial charge is 0.136 e. The molecule has 3 heteroatoms. The molecule has 0 saturated heterocycles. The summed E-state index contributed by atoms with van der Waals surface area (Å²) in [5.74, 6) is 0.668. The van der Waals surface area contributed by atoms with E-state index in [0.717, 1.165) is 19.6 Å². The SMILES string of the molecule is CCCCN(CC)Cc1ccc(C#N)c(OC)c1. The van der Waals surface area contributed by atoms with E-state index in [1.165, 1.54) is 18.4 Å². The van der Waals surface area contributed by atoms with E-state index < -0.39 is 0 Å². The molecule has 0 radical (unpaired) electrons. The predicted octanol–water partition coefficient (Wildman–Crippen LogP) is 3.19. The fourth-order valence-electron chi connectivity index (χ4n) is 1.92. The Bertz CT molecular complexity index is 409. The molecular formula is C15H22N2O. The molecule has 1 rings (SSSR count). The second kappa shape index (κ2) is 7.73. The molecular weight excluding hydrogens is 224 g/mol. The van der Waals surface area contributed by atoms with Gasteiger partial charge in [-0.3, -0.25) is 4.90 Å². The van der Waals surface area contributed by atoms with Crippen molar-refractivity contribution < 1.29 is 4.74 Å². The van der Waals surface area contributed by atoms with Crippen LogP contribution in [0.4, 0.5) is 0 Å². The number of rotatable bonds is 7. The van der Waals surface area contributed by atoms with Gasteiger partial charge in [-0.25, -0.2) is 0 Å². The van der Waals surface area contributed by atoms with Crippen LogP contribution in [0.1, 0.15) is 37.8 Å². The summed E-state index contributed by atoms with van der Waals surface area (Å²) in [7, 11) is 1.61. The fourth-order valence-corrected chi connectivity index (χ4v) is 1.92. The fraction of sp³-hybridized carbons (Fsp3) is 0.533. The van der Waals surface area contributed by atoms with E-state index in [2.05, 4.69) is 24.8 Å². The first-order valence-corrected chi connectivity index (χ1v) is 6.54. The molecule has 1 aromatic carbocycles. The molecule has 0 fully saturated rings. The van der Waals surface area contributed by atoms with Gasteiger partial charge in [-0.1, -0.05) is 26.3 Å². The van der Waals surface area contributed by atoms with Crippen LogP contribution < -0.4 is 4.74 Å². The summed E-state index contributed by atoms with van der Waals surface area (Å²) < 4.78 is 5.23. The number of methoxy groups -OCH3 is 1. The van der Waals surface area contributed by atoms with Crippen LogP contribution in [0.25, 0.3) is 0 Å². The summed E-state index contributed by atoms with van der Waals surface area (Å²) in [5, 5.41) is 8.94. The molecule has 0 aliphatic heterocycles. The molecule has 98 valence electrons. The van der Waals surface area contributed by atoms with E-state index >= 15 is 0 Å². The standard InChI is InChI=1S/C15H22N2O/c1-4-6-9-17(5-2)12-13-7-8-14(11-16)15(10-13)18-3/h7-8,10H,4-6,9,12H2,1-3H3. The highest BCUT2D eigenvalue weighted by atomic mass is 16.5. The zero-order chi connectivity index (χ0) is 13.4. The minimum atomic E-state index is 0.595. The van der Waals surface area contributed by atoms with Gasteiger partial charge >= 0.3 is 0 Å². The number of nitrogens with zero attached hydrogens (tertiary/aromatic N) is 2. The van der Waals surface area contributed by atoms with Crippen LogP contribution in [-0.4, -0.2) is 25.1 Å². The summed E-state index contributed by atoms with van der Waals surface area (Å²) in [6, 6.07) is 7.95. The normalized spacial score (nSPS) is 10.4. The maximum atomic E-state index is 8.94. The van der Waals surface area contributed by atoms with Gasteiger partial charge in [0.1, 0.15) is 11.8 Å². The Balaban J connectivity index is 2.74. The second-order valence-electron chi connectivity index (χ2n) is 4.37. The minimum Gasteiger partial charge on any atom is -0.495 e. The lowest BCUT2D eigenvalue weighted by molar-refractivity contribution is 0.275. The molecule has 0 N–H and O–H groups in total. The highest BCUT2D eigenvalue weighted by Gasteiger charge is 2.07. The summed E-state index contributed by atoms with van der Waals surface area (Å²) in [6.45, 7) is 7.46. The minimum absolute atomic E-state index is 0.595. The molecule has 0 unspecified atom stereocenters. The van der Waals surface area contributed by atoms with Gasteiger partial charge in [0, 0.05) is 6.54 Å². The lowest BCUT2D eigenvalue weighted by Crippen LogP contribution is -2.23. The molecule has 0 heterocycles. The lowest BCUT2D eigenvalue weighted by Gasteiger charge is -2.20. The Morgan fingerprint density at radius 1 is 1.33 bits per heavy atom. The predicted molar refractivity (Wildman–Crippen MR) is 73.6 cm³/mol. The van der Waals surface area contributed by atoms with E-state index in [-0.39, 0.29) is 0 Å². The summed E-state index contributed by atoms with van der Waals surface area (Å²) in [6.07, 6.45) is 2.44. The van der Waals surface area contributed by atoms with E-state index in [1.807, 2.05) is 18.2 Å². The number of nitriles is 1. The van der Waals surface area contributed by atoms with Crippen LogP contribution >= 0.6 is 0 Å². The molecule has 0 bridgehead atoms. The second-order valence-corrected chi connectivity index (χ2v) is 4.37. The Morgan fingerprint density at radius 2 is 2.11 bits per heavy atom. The molecule has 0 aliphatic carbocycles. The molecule has 0 atom stereocenters. The van der Waals surface area contributed by atoms with Gasteiger partial charge in [-0.05, 0) is 37.2 Å². The van der Waals surface area contributed by atoms with E-state index in [0.29, 0.717) is 11.3 Å². The van der Waals surface area contributed by atoms with Crippen molar-refractivity contribution in [3.63, 3.8) is 0 Å².